The number of methoxy groups -OCH3 is 1. The Kier molecular flexibility index (Phi) is 8.50. The Morgan fingerprint density at radius 3 is 2.34 bits per heavy atom. The van der Waals surface area contributed by atoms with Gasteiger partial charge in [-0.15, -0.1) is 0 Å². The van der Waals surface area contributed by atoms with Gasteiger partial charge in [0.2, 0.25) is 5.91 Å². The zero-order valence-electron chi connectivity index (χ0n) is 19.6. The molecule has 2 N–H and O–H groups in total. The van der Waals surface area contributed by atoms with Crippen molar-refractivity contribution in [1.82, 2.24) is 9.80 Å². The molecular formula is C25H35N3O4. The van der Waals surface area contributed by atoms with Crippen molar-refractivity contribution in [2.24, 2.45) is 0 Å². The number of nitrogens with zero attached hydrogens (tertiary/aromatic N) is 2. The number of ether oxygens (including phenoxy) is 2. The number of carbonyl (C=O) groups excluding carboxylic acids is 1. The van der Waals surface area contributed by atoms with E-state index in [1.165, 1.54) is 0 Å². The van der Waals surface area contributed by atoms with Gasteiger partial charge in [-0.05, 0) is 49.6 Å². The zero-order chi connectivity index (χ0) is 23.1. The molecular weight excluding hydrogens is 406 g/mol. The molecule has 3 rings (SSSR count). The SMILES string of the molecule is COc1cc(C)ccc1OCC(O)CN1CCN(CC(=O)Nc2c(C)cccc2C)CC1. The standard InChI is InChI=1S/C25H35N3O4/c1-18-8-9-22(23(14-18)31-4)32-17-21(29)15-27-10-12-28(13-11-27)16-24(30)26-25-19(2)6-5-7-20(25)3/h5-9,14,21,29H,10-13,15-17H2,1-4H3,(H,26,30). The Morgan fingerprint density at radius 2 is 1.69 bits per heavy atom. The van der Waals surface area contributed by atoms with Gasteiger partial charge in [0.1, 0.15) is 12.7 Å². The summed E-state index contributed by atoms with van der Waals surface area (Å²) in [5.41, 5.74) is 4.14. The number of piperazine rings is 1. The lowest BCUT2D eigenvalue weighted by atomic mass is 10.1. The molecule has 1 unspecified atom stereocenters. The molecule has 0 aromatic heterocycles. The summed E-state index contributed by atoms with van der Waals surface area (Å²) in [4.78, 5) is 16.9. The molecule has 7 nitrogen and oxygen atoms in total. The van der Waals surface area contributed by atoms with Crippen LogP contribution in [0.3, 0.4) is 0 Å². The molecule has 0 radical (unpaired) electrons. The first kappa shape index (κ1) is 24.0. The summed E-state index contributed by atoms with van der Waals surface area (Å²) >= 11 is 0. The number of hydrogen-bond donors (Lipinski definition) is 2. The Balaban J connectivity index is 1.39. The maximum Gasteiger partial charge on any atom is 0.238 e. The minimum Gasteiger partial charge on any atom is -0.493 e. The number of carbonyl (C=O) groups is 1. The van der Waals surface area contributed by atoms with Crippen molar-refractivity contribution in [1.29, 1.82) is 0 Å². The average Bonchev–Trinajstić information content (AvgIpc) is 2.77. The Hall–Kier alpha value is -2.61. The van der Waals surface area contributed by atoms with Gasteiger partial charge in [0.05, 0.1) is 13.7 Å². The van der Waals surface area contributed by atoms with Gasteiger partial charge in [0, 0.05) is 38.4 Å². The van der Waals surface area contributed by atoms with E-state index in [0.717, 1.165) is 48.6 Å². The monoisotopic (exact) mass is 441 g/mol. The van der Waals surface area contributed by atoms with Crippen LogP contribution < -0.4 is 14.8 Å². The quantitative estimate of drug-likeness (QED) is 0.623. The average molecular weight is 442 g/mol. The third-order valence-electron chi connectivity index (χ3n) is 5.80. The van der Waals surface area contributed by atoms with Crippen LogP contribution in [0, 0.1) is 20.8 Å². The van der Waals surface area contributed by atoms with E-state index in [0.29, 0.717) is 24.6 Å². The summed E-state index contributed by atoms with van der Waals surface area (Å²) < 4.78 is 11.1. The lowest BCUT2D eigenvalue weighted by Crippen LogP contribution is -2.50. The summed E-state index contributed by atoms with van der Waals surface area (Å²) in [6.45, 7) is 10.3. The van der Waals surface area contributed by atoms with E-state index in [2.05, 4.69) is 15.1 Å². The topological polar surface area (TPSA) is 74.3 Å². The maximum absolute atomic E-state index is 12.5. The first-order valence-corrected chi connectivity index (χ1v) is 11.1. The molecule has 174 valence electrons. The number of anilines is 1. The van der Waals surface area contributed by atoms with E-state index < -0.39 is 6.10 Å². The van der Waals surface area contributed by atoms with Crippen molar-refractivity contribution in [2.45, 2.75) is 26.9 Å². The molecule has 1 saturated heterocycles. The molecule has 2 aromatic carbocycles. The van der Waals surface area contributed by atoms with Crippen LogP contribution in [0.5, 0.6) is 11.5 Å². The van der Waals surface area contributed by atoms with Crippen LogP contribution in [-0.2, 0) is 4.79 Å². The summed E-state index contributed by atoms with van der Waals surface area (Å²) in [5, 5.41) is 13.5. The summed E-state index contributed by atoms with van der Waals surface area (Å²) in [5.74, 6) is 1.32. The van der Waals surface area contributed by atoms with Gasteiger partial charge in [-0.3, -0.25) is 14.6 Å². The predicted molar refractivity (Wildman–Crippen MR) is 127 cm³/mol. The number of nitrogens with one attached hydrogen (secondary N) is 1. The lowest BCUT2D eigenvalue weighted by Gasteiger charge is -2.35. The molecule has 32 heavy (non-hydrogen) atoms. The largest absolute Gasteiger partial charge is 0.493 e. The van der Waals surface area contributed by atoms with Gasteiger partial charge in [-0.2, -0.15) is 0 Å². The molecule has 1 aliphatic heterocycles. The van der Waals surface area contributed by atoms with Crippen LogP contribution in [-0.4, -0.2) is 79.9 Å². The Morgan fingerprint density at radius 1 is 1.03 bits per heavy atom. The number of benzene rings is 2. The third kappa shape index (κ3) is 6.69. The fourth-order valence-electron chi connectivity index (χ4n) is 3.95. The van der Waals surface area contributed by atoms with Crippen molar-refractivity contribution in [3.8, 4) is 11.5 Å². The minimum absolute atomic E-state index is 0.0105. The highest BCUT2D eigenvalue weighted by molar-refractivity contribution is 5.93. The van der Waals surface area contributed by atoms with Crippen molar-refractivity contribution in [2.75, 3.05) is 58.3 Å². The molecule has 1 atom stereocenters. The van der Waals surface area contributed by atoms with Crippen molar-refractivity contribution in [3.05, 3.63) is 53.1 Å². The van der Waals surface area contributed by atoms with Crippen LogP contribution in [0.15, 0.2) is 36.4 Å². The zero-order valence-corrected chi connectivity index (χ0v) is 19.6. The Labute approximate surface area is 190 Å². The summed E-state index contributed by atoms with van der Waals surface area (Å²) in [6.07, 6.45) is -0.597. The molecule has 1 aliphatic rings. The van der Waals surface area contributed by atoms with Crippen LogP contribution in [0.1, 0.15) is 16.7 Å². The first-order valence-electron chi connectivity index (χ1n) is 11.1. The summed E-state index contributed by atoms with van der Waals surface area (Å²) in [6, 6.07) is 11.7. The van der Waals surface area contributed by atoms with Crippen molar-refractivity contribution >= 4 is 11.6 Å². The number of hydrogen-bond acceptors (Lipinski definition) is 6. The molecule has 1 amide bonds. The van der Waals surface area contributed by atoms with E-state index in [1.807, 2.05) is 57.2 Å². The molecule has 0 aliphatic carbocycles. The molecule has 0 bridgehead atoms. The van der Waals surface area contributed by atoms with E-state index >= 15 is 0 Å². The van der Waals surface area contributed by atoms with Crippen molar-refractivity contribution in [3.63, 3.8) is 0 Å². The van der Waals surface area contributed by atoms with E-state index in [-0.39, 0.29) is 12.5 Å². The van der Waals surface area contributed by atoms with Gasteiger partial charge in [-0.25, -0.2) is 0 Å². The smallest absolute Gasteiger partial charge is 0.238 e. The van der Waals surface area contributed by atoms with Crippen LogP contribution >= 0.6 is 0 Å². The normalized spacial score (nSPS) is 15.9. The van der Waals surface area contributed by atoms with Crippen LogP contribution in [0.2, 0.25) is 0 Å². The second kappa shape index (κ2) is 11.3. The molecule has 0 spiro atoms. The van der Waals surface area contributed by atoms with Gasteiger partial charge in [0.25, 0.3) is 0 Å². The fraction of sp³-hybridized carbons (Fsp3) is 0.480. The van der Waals surface area contributed by atoms with Gasteiger partial charge < -0.3 is 19.9 Å². The van der Waals surface area contributed by atoms with Crippen LogP contribution in [0.25, 0.3) is 0 Å². The second-order valence-corrected chi connectivity index (χ2v) is 8.51. The molecule has 2 aromatic rings. The third-order valence-corrected chi connectivity index (χ3v) is 5.80. The number of β-amino-alcohol motifs (C(OH)–C–C–N with tert-alkyl or cyclic N) is 1. The highest BCUT2D eigenvalue weighted by atomic mass is 16.5. The highest BCUT2D eigenvalue weighted by Gasteiger charge is 2.21. The van der Waals surface area contributed by atoms with E-state index in [1.54, 1.807) is 7.11 Å². The lowest BCUT2D eigenvalue weighted by molar-refractivity contribution is -0.117. The van der Waals surface area contributed by atoms with Crippen molar-refractivity contribution < 1.29 is 19.4 Å². The second-order valence-electron chi connectivity index (χ2n) is 8.51. The predicted octanol–water partition coefficient (Wildman–Crippen LogP) is 2.62. The first-order chi connectivity index (χ1) is 15.4. The van der Waals surface area contributed by atoms with E-state index in [4.69, 9.17) is 9.47 Å². The number of amides is 1. The fourth-order valence-corrected chi connectivity index (χ4v) is 3.95. The van der Waals surface area contributed by atoms with Gasteiger partial charge in [-0.1, -0.05) is 24.3 Å². The number of aliphatic hydroxyl groups excluding tert-OH is 1. The van der Waals surface area contributed by atoms with Gasteiger partial charge in [0.15, 0.2) is 11.5 Å². The molecule has 0 saturated carbocycles. The maximum atomic E-state index is 12.5. The summed E-state index contributed by atoms with van der Waals surface area (Å²) in [7, 11) is 1.61. The Bertz CT molecular complexity index is 890. The number of aliphatic hydroxyl groups is 1. The van der Waals surface area contributed by atoms with Crippen LogP contribution in [0.4, 0.5) is 5.69 Å². The molecule has 1 fully saturated rings. The van der Waals surface area contributed by atoms with Gasteiger partial charge >= 0.3 is 0 Å². The molecule has 1 heterocycles. The highest BCUT2D eigenvalue weighted by Crippen LogP contribution is 2.27. The molecule has 7 heteroatoms. The number of rotatable bonds is 9. The van der Waals surface area contributed by atoms with E-state index in [9.17, 15) is 9.90 Å². The number of aryl methyl sites for hydroxylation is 3. The minimum atomic E-state index is -0.597. The number of para-hydroxylation sites is 1.